The van der Waals surface area contributed by atoms with Gasteiger partial charge in [-0.25, -0.2) is 9.59 Å². The molecule has 8 nitrogen and oxygen atoms in total. The van der Waals surface area contributed by atoms with Crippen molar-refractivity contribution in [2.24, 2.45) is 11.8 Å². The van der Waals surface area contributed by atoms with Gasteiger partial charge in [-0.05, 0) is 20.8 Å². The van der Waals surface area contributed by atoms with Crippen LogP contribution in [0.15, 0.2) is 23.5 Å². The van der Waals surface area contributed by atoms with Gasteiger partial charge in [-0.1, -0.05) is 6.58 Å². The highest BCUT2D eigenvalue weighted by Gasteiger charge is 2.70. The summed E-state index contributed by atoms with van der Waals surface area (Å²) < 4.78 is 27.5. The van der Waals surface area contributed by atoms with Gasteiger partial charge < -0.3 is 23.7 Å². The molecule has 26 heavy (non-hydrogen) atoms. The lowest BCUT2D eigenvalue weighted by Crippen LogP contribution is -2.46. The van der Waals surface area contributed by atoms with Crippen molar-refractivity contribution in [2.45, 2.75) is 51.3 Å². The van der Waals surface area contributed by atoms with Gasteiger partial charge >= 0.3 is 17.9 Å². The average Bonchev–Trinajstić information content (AvgIpc) is 3.23. The molecule has 4 aliphatic heterocycles. The Hall–Kier alpha value is -2.35. The first kappa shape index (κ1) is 17.1. The second-order valence-electron chi connectivity index (χ2n) is 7.18. The lowest BCUT2D eigenvalue weighted by Gasteiger charge is -2.28. The molecule has 0 radical (unpaired) electrons. The van der Waals surface area contributed by atoms with E-state index in [1.54, 1.807) is 20.8 Å². The van der Waals surface area contributed by atoms with Gasteiger partial charge in [0, 0.05) is 17.1 Å². The summed E-state index contributed by atoms with van der Waals surface area (Å²) in [5.41, 5.74) is 0.959. The molecule has 2 bridgehead atoms. The fourth-order valence-electron chi connectivity index (χ4n) is 4.00. The molecule has 4 aliphatic rings. The number of rotatable bonds is 5. The van der Waals surface area contributed by atoms with Crippen LogP contribution in [0.3, 0.4) is 0 Å². The van der Waals surface area contributed by atoms with Crippen LogP contribution in [0.2, 0.25) is 0 Å². The second-order valence-corrected chi connectivity index (χ2v) is 7.18. The Bertz CT molecular complexity index is 737. The summed E-state index contributed by atoms with van der Waals surface area (Å²) in [7, 11) is 0. The topological polar surface area (TPSA) is 97.4 Å². The lowest BCUT2D eigenvalue weighted by atomic mass is 9.79. The maximum atomic E-state index is 12.2. The van der Waals surface area contributed by atoms with E-state index in [1.807, 2.05) is 0 Å². The van der Waals surface area contributed by atoms with Gasteiger partial charge in [0.05, 0.1) is 12.5 Å². The van der Waals surface area contributed by atoms with E-state index in [1.165, 1.54) is 0 Å². The maximum absolute atomic E-state index is 12.2. The lowest BCUT2D eigenvalue weighted by molar-refractivity contribution is -0.157. The minimum Gasteiger partial charge on any atom is -0.486 e. The van der Waals surface area contributed by atoms with E-state index in [2.05, 4.69) is 6.58 Å². The molecule has 140 valence electrons. The van der Waals surface area contributed by atoms with Gasteiger partial charge in [0.25, 0.3) is 0 Å². The summed E-state index contributed by atoms with van der Waals surface area (Å²) in [6, 6.07) is 0. The van der Waals surface area contributed by atoms with Crippen LogP contribution in [0.5, 0.6) is 0 Å². The molecule has 0 spiro atoms. The molecule has 0 aromatic carbocycles. The molecule has 4 heterocycles. The summed E-state index contributed by atoms with van der Waals surface area (Å²) in [5, 5.41) is 0. The molecule has 0 aromatic heterocycles. The minimum atomic E-state index is -0.704. The number of fused-ring (bicyclic) bond motifs is 1. The fraction of sp³-hybridized carbons (Fsp3) is 0.611. The summed E-state index contributed by atoms with van der Waals surface area (Å²) in [6.45, 7) is 8.70. The van der Waals surface area contributed by atoms with E-state index in [0.717, 1.165) is 0 Å². The zero-order valence-corrected chi connectivity index (χ0v) is 14.7. The van der Waals surface area contributed by atoms with E-state index >= 15 is 0 Å². The number of hydrogen-bond acceptors (Lipinski definition) is 8. The Kier molecular flexibility index (Phi) is 3.83. The molecule has 3 saturated heterocycles. The van der Waals surface area contributed by atoms with Gasteiger partial charge in [-0.15, -0.1) is 0 Å². The van der Waals surface area contributed by atoms with Crippen LogP contribution in [0.4, 0.5) is 0 Å². The number of carbonyl (C=O) groups is 3. The number of esters is 3. The summed E-state index contributed by atoms with van der Waals surface area (Å²) >= 11 is 0. The van der Waals surface area contributed by atoms with E-state index in [-0.39, 0.29) is 30.0 Å². The average molecular weight is 364 g/mol. The zero-order chi connectivity index (χ0) is 18.7. The number of cyclic esters (lactones) is 1. The Morgan fingerprint density at radius 2 is 1.92 bits per heavy atom. The standard InChI is InChI=1S/C18H20O8/c1-6(2)16(19)25-14-12-9(10-13(24-12)15(14)26-17(10)20)5-22-11-7(3)8(4)23-18(11)21/h8-10,12-15H,1,5H2,2-4H3. The van der Waals surface area contributed by atoms with Crippen LogP contribution >= 0.6 is 0 Å². The summed E-state index contributed by atoms with van der Waals surface area (Å²) in [5.74, 6) is -2.16. The van der Waals surface area contributed by atoms with Crippen molar-refractivity contribution in [2.75, 3.05) is 6.61 Å². The number of ether oxygens (including phenoxy) is 5. The van der Waals surface area contributed by atoms with Crippen molar-refractivity contribution < 1.29 is 38.1 Å². The van der Waals surface area contributed by atoms with Gasteiger partial charge in [0.1, 0.15) is 18.3 Å². The third-order valence-corrected chi connectivity index (χ3v) is 5.50. The molecular formula is C18H20O8. The van der Waals surface area contributed by atoms with Crippen molar-refractivity contribution in [3.8, 4) is 0 Å². The highest BCUT2D eigenvalue weighted by Crippen LogP contribution is 2.51. The zero-order valence-electron chi connectivity index (χ0n) is 14.7. The first-order chi connectivity index (χ1) is 12.3. The van der Waals surface area contributed by atoms with Crippen molar-refractivity contribution in [1.29, 1.82) is 0 Å². The molecule has 3 fully saturated rings. The first-order valence-corrected chi connectivity index (χ1v) is 8.56. The predicted molar refractivity (Wildman–Crippen MR) is 84.4 cm³/mol. The Morgan fingerprint density at radius 1 is 1.19 bits per heavy atom. The monoisotopic (exact) mass is 364 g/mol. The van der Waals surface area contributed by atoms with Crippen LogP contribution in [-0.4, -0.2) is 55.0 Å². The van der Waals surface area contributed by atoms with E-state index in [4.69, 9.17) is 23.7 Å². The molecule has 0 N–H and O–H groups in total. The smallest absolute Gasteiger partial charge is 0.374 e. The summed E-state index contributed by atoms with van der Waals surface area (Å²) in [4.78, 5) is 36.0. The van der Waals surface area contributed by atoms with Crippen LogP contribution in [0.1, 0.15) is 20.8 Å². The number of hydrogen-bond donors (Lipinski definition) is 0. The molecular weight excluding hydrogens is 344 g/mol. The second kappa shape index (κ2) is 5.84. The van der Waals surface area contributed by atoms with Crippen molar-refractivity contribution in [3.05, 3.63) is 23.5 Å². The fourth-order valence-corrected chi connectivity index (χ4v) is 4.00. The minimum absolute atomic E-state index is 0.0727. The highest BCUT2D eigenvalue weighted by atomic mass is 16.7. The third kappa shape index (κ3) is 2.35. The Labute approximate surface area is 150 Å². The van der Waals surface area contributed by atoms with Crippen LogP contribution in [0, 0.1) is 11.8 Å². The van der Waals surface area contributed by atoms with Crippen LogP contribution in [0.25, 0.3) is 0 Å². The Morgan fingerprint density at radius 3 is 2.54 bits per heavy atom. The molecule has 7 atom stereocenters. The molecule has 0 saturated carbocycles. The predicted octanol–water partition coefficient (Wildman–Crippen LogP) is 0.649. The van der Waals surface area contributed by atoms with Crippen molar-refractivity contribution in [1.82, 2.24) is 0 Å². The molecule has 0 aromatic rings. The molecule has 4 rings (SSSR count). The highest BCUT2D eigenvalue weighted by molar-refractivity contribution is 5.90. The van der Waals surface area contributed by atoms with Gasteiger partial charge in [-0.3, -0.25) is 4.79 Å². The largest absolute Gasteiger partial charge is 0.486 e. The van der Waals surface area contributed by atoms with E-state index in [0.29, 0.717) is 5.57 Å². The van der Waals surface area contributed by atoms with Crippen LogP contribution < -0.4 is 0 Å². The van der Waals surface area contributed by atoms with Crippen LogP contribution in [-0.2, 0) is 38.1 Å². The summed E-state index contributed by atoms with van der Waals surface area (Å²) in [6.07, 6.45) is -2.63. The first-order valence-electron chi connectivity index (χ1n) is 8.56. The molecule has 0 amide bonds. The van der Waals surface area contributed by atoms with Gasteiger partial charge in [-0.2, -0.15) is 0 Å². The normalized spacial score (nSPS) is 39.9. The third-order valence-electron chi connectivity index (χ3n) is 5.50. The van der Waals surface area contributed by atoms with Gasteiger partial charge in [0.2, 0.25) is 5.76 Å². The van der Waals surface area contributed by atoms with E-state index < -0.39 is 48.2 Å². The van der Waals surface area contributed by atoms with Crippen molar-refractivity contribution in [3.63, 3.8) is 0 Å². The SMILES string of the molecule is C=C(C)C(=O)OC1C2OC3C1OC(=O)C3C2COC1=C(C)C(C)OC1=O. The molecule has 8 heteroatoms. The quantitative estimate of drug-likeness (QED) is 0.398. The van der Waals surface area contributed by atoms with E-state index in [9.17, 15) is 14.4 Å². The van der Waals surface area contributed by atoms with Gasteiger partial charge in [0.15, 0.2) is 12.2 Å². The Balaban J connectivity index is 1.52. The van der Waals surface area contributed by atoms with Crippen molar-refractivity contribution >= 4 is 17.9 Å². The number of carbonyl (C=O) groups excluding carboxylic acids is 3. The molecule has 7 unspecified atom stereocenters. The maximum Gasteiger partial charge on any atom is 0.374 e. The molecule has 0 aliphatic carbocycles.